The molecule has 0 saturated carbocycles. The van der Waals surface area contributed by atoms with Crippen LogP contribution in [0.1, 0.15) is 15.9 Å². The fraction of sp³-hybridized carbons (Fsp3) is 0.0417. The smallest absolute Gasteiger partial charge is 0.343 e. The van der Waals surface area contributed by atoms with E-state index in [9.17, 15) is 9.59 Å². The number of nitrogens with one attached hydrogen (secondary N) is 1. The molecule has 1 aliphatic heterocycles. The third kappa shape index (κ3) is 5.02. The summed E-state index contributed by atoms with van der Waals surface area (Å²) in [4.78, 5) is 29.8. The van der Waals surface area contributed by atoms with E-state index in [1.165, 1.54) is 11.8 Å². The van der Waals surface area contributed by atoms with E-state index < -0.39 is 5.97 Å². The summed E-state index contributed by atoms with van der Waals surface area (Å²) in [6, 6.07) is 23.1. The van der Waals surface area contributed by atoms with E-state index in [4.69, 9.17) is 9.47 Å². The van der Waals surface area contributed by atoms with Crippen molar-refractivity contribution in [1.82, 2.24) is 5.32 Å². The van der Waals surface area contributed by atoms with Crippen LogP contribution in [0.2, 0.25) is 0 Å². The quantitative estimate of drug-likeness (QED) is 0.357. The van der Waals surface area contributed by atoms with Crippen LogP contribution in [0.4, 0.5) is 5.69 Å². The van der Waals surface area contributed by atoms with Crippen molar-refractivity contribution in [3.8, 4) is 11.5 Å². The lowest BCUT2D eigenvalue weighted by Gasteiger charge is -2.08. The van der Waals surface area contributed by atoms with Crippen LogP contribution in [-0.2, 0) is 4.79 Å². The maximum absolute atomic E-state index is 12.5. The number of ether oxygens (including phenoxy) is 2. The number of nitrogens with zero attached hydrogens (tertiary/aromatic N) is 1. The number of para-hydroxylation sites is 2. The van der Waals surface area contributed by atoms with Crippen LogP contribution in [0.25, 0.3) is 6.08 Å². The molecule has 1 fully saturated rings. The monoisotopic (exact) mass is 430 g/mol. The molecule has 4 rings (SSSR count). The average molecular weight is 430 g/mol. The molecule has 154 valence electrons. The van der Waals surface area contributed by atoms with Crippen molar-refractivity contribution in [1.29, 1.82) is 0 Å². The minimum Gasteiger partial charge on any atom is -0.497 e. The van der Waals surface area contributed by atoms with Gasteiger partial charge in [0, 0.05) is 5.56 Å². The van der Waals surface area contributed by atoms with E-state index >= 15 is 0 Å². The summed E-state index contributed by atoms with van der Waals surface area (Å²) in [6.45, 7) is 0. The van der Waals surface area contributed by atoms with Gasteiger partial charge in [-0.1, -0.05) is 36.4 Å². The van der Waals surface area contributed by atoms with Crippen LogP contribution in [0.3, 0.4) is 0 Å². The first-order valence-electron chi connectivity index (χ1n) is 9.42. The number of thioether (sulfide) groups is 1. The molecular formula is C24H18N2O4S. The Labute approximate surface area is 183 Å². The number of carbonyl (C=O) groups is 2. The molecule has 1 heterocycles. The van der Waals surface area contributed by atoms with Gasteiger partial charge in [-0.15, -0.1) is 0 Å². The average Bonchev–Trinajstić information content (AvgIpc) is 3.14. The van der Waals surface area contributed by atoms with Crippen molar-refractivity contribution in [2.45, 2.75) is 0 Å². The summed E-state index contributed by atoms with van der Waals surface area (Å²) >= 11 is 1.23. The summed E-state index contributed by atoms with van der Waals surface area (Å²) in [7, 11) is 1.56. The molecular weight excluding hydrogens is 412 g/mol. The van der Waals surface area contributed by atoms with E-state index in [0.717, 1.165) is 5.69 Å². The number of esters is 1. The number of hydrogen-bond donors (Lipinski definition) is 1. The van der Waals surface area contributed by atoms with Gasteiger partial charge in [0.1, 0.15) is 11.5 Å². The van der Waals surface area contributed by atoms with Gasteiger partial charge in [0.05, 0.1) is 23.3 Å². The number of benzene rings is 3. The first-order chi connectivity index (χ1) is 15.1. The minimum atomic E-state index is -0.497. The van der Waals surface area contributed by atoms with Crippen molar-refractivity contribution >= 4 is 40.6 Å². The van der Waals surface area contributed by atoms with Gasteiger partial charge in [0.2, 0.25) is 0 Å². The number of carbonyl (C=O) groups excluding carboxylic acids is 2. The highest BCUT2D eigenvalue weighted by Crippen LogP contribution is 2.31. The normalized spacial score (nSPS) is 15.7. The van der Waals surface area contributed by atoms with Crippen molar-refractivity contribution in [3.05, 3.63) is 94.9 Å². The molecule has 1 N–H and O–H groups in total. The number of methoxy groups -OCH3 is 1. The fourth-order valence-electron chi connectivity index (χ4n) is 2.82. The molecule has 1 saturated heterocycles. The van der Waals surface area contributed by atoms with Crippen LogP contribution in [0.5, 0.6) is 11.5 Å². The highest BCUT2D eigenvalue weighted by Gasteiger charge is 2.24. The fourth-order valence-corrected chi connectivity index (χ4v) is 3.65. The summed E-state index contributed by atoms with van der Waals surface area (Å²) in [5.74, 6) is 0.260. The maximum atomic E-state index is 12.5. The van der Waals surface area contributed by atoms with Crippen LogP contribution < -0.4 is 14.8 Å². The highest BCUT2D eigenvalue weighted by atomic mass is 32.2. The van der Waals surface area contributed by atoms with Crippen molar-refractivity contribution in [2.75, 3.05) is 7.11 Å². The van der Waals surface area contributed by atoms with Crippen LogP contribution in [0.15, 0.2) is 88.8 Å². The lowest BCUT2D eigenvalue weighted by atomic mass is 10.1. The van der Waals surface area contributed by atoms with Gasteiger partial charge < -0.3 is 14.8 Å². The first kappa shape index (κ1) is 20.4. The number of aliphatic imine (C=N–C) groups is 1. The third-order valence-electron chi connectivity index (χ3n) is 4.37. The zero-order valence-electron chi connectivity index (χ0n) is 16.6. The number of hydrogen-bond acceptors (Lipinski definition) is 6. The van der Waals surface area contributed by atoms with Crippen LogP contribution >= 0.6 is 11.8 Å². The second kappa shape index (κ2) is 9.32. The summed E-state index contributed by atoms with van der Waals surface area (Å²) in [6.07, 6.45) is 1.68. The first-order valence-corrected chi connectivity index (χ1v) is 10.2. The van der Waals surface area contributed by atoms with E-state index in [-0.39, 0.29) is 5.91 Å². The molecule has 0 aromatic heterocycles. The summed E-state index contributed by atoms with van der Waals surface area (Å²) < 4.78 is 10.7. The molecule has 0 bridgehead atoms. The Morgan fingerprint density at radius 1 is 0.968 bits per heavy atom. The predicted octanol–water partition coefficient (Wildman–Crippen LogP) is 4.81. The Hall–Kier alpha value is -3.84. The van der Waals surface area contributed by atoms with Crippen molar-refractivity contribution < 1.29 is 19.1 Å². The molecule has 0 atom stereocenters. The highest BCUT2D eigenvalue weighted by molar-refractivity contribution is 8.18. The summed E-state index contributed by atoms with van der Waals surface area (Å²) in [5.41, 5.74) is 1.76. The van der Waals surface area contributed by atoms with Gasteiger partial charge in [-0.05, 0) is 60.3 Å². The predicted molar refractivity (Wildman–Crippen MR) is 122 cm³/mol. The Bertz CT molecular complexity index is 1170. The molecule has 3 aromatic rings. The van der Waals surface area contributed by atoms with Gasteiger partial charge in [-0.2, -0.15) is 0 Å². The minimum absolute atomic E-state index is 0.254. The van der Waals surface area contributed by atoms with E-state index in [2.05, 4.69) is 10.3 Å². The number of rotatable bonds is 5. The molecule has 6 nitrogen and oxygen atoms in total. The molecule has 31 heavy (non-hydrogen) atoms. The van der Waals surface area contributed by atoms with E-state index in [0.29, 0.717) is 32.7 Å². The SMILES string of the molecule is COc1ccc(C(=O)Oc2ccccc2/C=C2\SC(=Nc3ccccc3)NC2=O)cc1. The number of amidine groups is 1. The maximum Gasteiger partial charge on any atom is 0.343 e. The third-order valence-corrected chi connectivity index (χ3v) is 5.28. The lowest BCUT2D eigenvalue weighted by Crippen LogP contribution is -2.19. The Morgan fingerprint density at radius 2 is 1.68 bits per heavy atom. The molecule has 0 spiro atoms. The number of amides is 1. The Balaban J connectivity index is 1.54. The standard InChI is InChI=1S/C24H18N2O4S/c1-29-19-13-11-16(12-14-19)23(28)30-20-10-6-5-7-17(20)15-21-22(27)26-24(31-21)25-18-8-3-2-4-9-18/h2-15H,1H3,(H,25,26,27)/b21-15-. The van der Waals surface area contributed by atoms with Gasteiger partial charge in [0.25, 0.3) is 5.91 Å². The van der Waals surface area contributed by atoms with Crippen molar-refractivity contribution in [3.63, 3.8) is 0 Å². The van der Waals surface area contributed by atoms with Gasteiger partial charge in [-0.25, -0.2) is 9.79 Å². The molecule has 1 amide bonds. The molecule has 0 aliphatic carbocycles. The van der Waals surface area contributed by atoms with E-state index in [1.54, 1.807) is 55.7 Å². The Morgan fingerprint density at radius 3 is 2.42 bits per heavy atom. The second-order valence-electron chi connectivity index (χ2n) is 6.47. The topological polar surface area (TPSA) is 77.0 Å². The van der Waals surface area contributed by atoms with Gasteiger partial charge in [0.15, 0.2) is 5.17 Å². The molecule has 0 unspecified atom stereocenters. The molecule has 7 heteroatoms. The van der Waals surface area contributed by atoms with Crippen LogP contribution in [0, 0.1) is 0 Å². The Kier molecular flexibility index (Phi) is 6.14. The zero-order chi connectivity index (χ0) is 21.6. The zero-order valence-corrected chi connectivity index (χ0v) is 17.4. The molecule has 1 aliphatic rings. The second-order valence-corrected chi connectivity index (χ2v) is 7.50. The van der Waals surface area contributed by atoms with Crippen LogP contribution in [-0.4, -0.2) is 24.2 Å². The van der Waals surface area contributed by atoms with Gasteiger partial charge in [-0.3, -0.25) is 4.79 Å². The largest absolute Gasteiger partial charge is 0.497 e. The van der Waals surface area contributed by atoms with E-state index in [1.807, 2.05) is 36.4 Å². The summed E-state index contributed by atoms with van der Waals surface area (Å²) in [5, 5.41) is 3.25. The van der Waals surface area contributed by atoms with Gasteiger partial charge >= 0.3 is 5.97 Å². The van der Waals surface area contributed by atoms with Crippen molar-refractivity contribution in [2.24, 2.45) is 4.99 Å². The lowest BCUT2D eigenvalue weighted by molar-refractivity contribution is -0.115. The molecule has 0 radical (unpaired) electrons. The molecule has 3 aromatic carbocycles.